The van der Waals surface area contributed by atoms with Crippen molar-refractivity contribution in [3.63, 3.8) is 0 Å². The summed E-state index contributed by atoms with van der Waals surface area (Å²) in [5.41, 5.74) is 3.49. The third kappa shape index (κ3) is 3.98. The number of benzene rings is 1. The Bertz CT molecular complexity index is 864. The number of allylic oxidation sites excluding steroid dienone is 1. The van der Waals surface area contributed by atoms with Crippen LogP contribution in [0.25, 0.3) is 0 Å². The molecule has 3 heterocycles. The van der Waals surface area contributed by atoms with E-state index < -0.39 is 5.60 Å². The SMILES string of the molecule is CC[C@@H]1CN2CC[C@]3(O)c4c(ccc(C)c4OC)N[C@@H]3[C@@H]2C[C@@H]1/C(C)=C\OC.O=C=O. The Labute approximate surface area is 184 Å². The van der Waals surface area contributed by atoms with Crippen LogP contribution in [0.3, 0.4) is 0 Å². The van der Waals surface area contributed by atoms with E-state index in [0.29, 0.717) is 17.9 Å². The summed E-state index contributed by atoms with van der Waals surface area (Å²) in [6, 6.07) is 4.46. The van der Waals surface area contributed by atoms with Crippen LogP contribution in [-0.4, -0.2) is 55.6 Å². The Morgan fingerprint density at radius 3 is 2.71 bits per heavy atom. The Hall–Kier alpha value is -2.34. The number of carbonyl (C=O) groups excluding carboxylic acids is 2. The molecule has 0 saturated carbocycles. The summed E-state index contributed by atoms with van der Waals surface area (Å²) in [6.07, 6.45) is 5.10. The van der Waals surface area contributed by atoms with Crippen LogP contribution in [0.2, 0.25) is 0 Å². The van der Waals surface area contributed by atoms with Gasteiger partial charge < -0.3 is 19.9 Å². The van der Waals surface area contributed by atoms with Crippen molar-refractivity contribution in [2.75, 3.05) is 32.6 Å². The molecular formula is C24H34N2O5. The average Bonchev–Trinajstić information content (AvgIpc) is 3.06. The number of hydrogen-bond acceptors (Lipinski definition) is 7. The smallest absolute Gasteiger partial charge is 0.373 e. The first-order valence-electron chi connectivity index (χ1n) is 11.0. The van der Waals surface area contributed by atoms with Crippen molar-refractivity contribution in [3.05, 3.63) is 35.1 Å². The maximum absolute atomic E-state index is 11.9. The summed E-state index contributed by atoms with van der Waals surface area (Å²) >= 11 is 0. The maximum atomic E-state index is 11.9. The highest BCUT2D eigenvalue weighted by molar-refractivity contribution is 5.69. The molecule has 1 aromatic carbocycles. The molecule has 0 amide bonds. The van der Waals surface area contributed by atoms with Gasteiger partial charge in [0, 0.05) is 24.8 Å². The largest absolute Gasteiger partial charge is 0.504 e. The van der Waals surface area contributed by atoms with Gasteiger partial charge in [-0.3, -0.25) is 4.90 Å². The Balaban J connectivity index is 0.000000858. The zero-order chi connectivity index (χ0) is 22.8. The minimum absolute atomic E-state index is 0.0115. The van der Waals surface area contributed by atoms with Gasteiger partial charge in [0.05, 0.1) is 32.1 Å². The molecule has 31 heavy (non-hydrogen) atoms. The number of nitrogens with one attached hydrogen (secondary N) is 1. The molecule has 5 atom stereocenters. The zero-order valence-electron chi connectivity index (χ0n) is 19.1. The predicted molar refractivity (Wildman–Crippen MR) is 117 cm³/mol. The lowest BCUT2D eigenvalue weighted by Crippen LogP contribution is -2.63. The summed E-state index contributed by atoms with van der Waals surface area (Å²) in [6.45, 7) is 8.53. The van der Waals surface area contributed by atoms with Crippen molar-refractivity contribution in [1.82, 2.24) is 4.90 Å². The van der Waals surface area contributed by atoms with Crippen LogP contribution in [0.1, 0.15) is 44.2 Å². The summed E-state index contributed by atoms with van der Waals surface area (Å²) in [4.78, 5) is 18.8. The molecule has 3 aliphatic heterocycles. The number of rotatable bonds is 4. The maximum Gasteiger partial charge on any atom is 0.373 e. The molecule has 0 spiro atoms. The van der Waals surface area contributed by atoms with Crippen molar-refractivity contribution in [3.8, 4) is 5.75 Å². The van der Waals surface area contributed by atoms with Crippen LogP contribution in [0.4, 0.5) is 5.69 Å². The molecular weight excluding hydrogens is 396 g/mol. The molecule has 170 valence electrons. The molecule has 0 bridgehead atoms. The van der Waals surface area contributed by atoms with E-state index in [1.165, 1.54) is 12.0 Å². The Morgan fingerprint density at radius 1 is 1.39 bits per heavy atom. The monoisotopic (exact) mass is 430 g/mol. The number of methoxy groups -OCH3 is 2. The van der Waals surface area contributed by atoms with E-state index >= 15 is 0 Å². The van der Waals surface area contributed by atoms with Crippen LogP contribution in [0.15, 0.2) is 24.0 Å². The molecule has 2 fully saturated rings. The molecule has 7 heteroatoms. The van der Waals surface area contributed by atoms with Crippen molar-refractivity contribution in [2.45, 2.75) is 57.7 Å². The van der Waals surface area contributed by atoms with Crippen LogP contribution in [-0.2, 0) is 19.9 Å². The van der Waals surface area contributed by atoms with Gasteiger partial charge in [-0.15, -0.1) is 0 Å². The van der Waals surface area contributed by atoms with Gasteiger partial charge in [0.25, 0.3) is 0 Å². The average molecular weight is 431 g/mol. The predicted octanol–water partition coefficient (Wildman–Crippen LogP) is 3.07. The van der Waals surface area contributed by atoms with Gasteiger partial charge >= 0.3 is 6.15 Å². The quantitative estimate of drug-likeness (QED) is 0.710. The van der Waals surface area contributed by atoms with Gasteiger partial charge in [0.1, 0.15) is 11.4 Å². The third-order valence-corrected chi connectivity index (χ3v) is 7.40. The van der Waals surface area contributed by atoms with Crippen LogP contribution in [0, 0.1) is 18.8 Å². The van der Waals surface area contributed by atoms with E-state index in [1.807, 2.05) is 13.2 Å². The van der Waals surface area contributed by atoms with Gasteiger partial charge in [-0.2, -0.15) is 9.59 Å². The second-order valence-electron chi connectivity index (χ2n) is 8.89. The third-order valence-electron chi connectivity index (χ3n) is 7.40. The normalized spacial score (nSPS) is 31.7. The number of nitrogens with zero attached hydrogens (tertiary/aromatic N) is 1. The van der Waals surface area contributed by atoms with E-state index in [2.05, 4.69) is 36.2 Å². The molecule has 0 aliphatic carbocycles. The summed E-state index contributed by atoms with van der Waals surface area (Å²) in [5.74, 6) is 1.95. The van der Waals surface area contributed by atoms with Gasteiger partial charge in [0.15, 0.2) is 0 Å². The number of aryl methyl sites for hydroxylation is 1. The highest BCUT2D eigenvalue weighted by Gasteiger charge is 2.56. The molecule has 7 nitrogen and oxygen atoms in total. The summed E-state index contributed by atoms with van der Waals surface area (Å²) in [7, 11) is 3.43. The summed E-state index contributed by atoms with van der Waals surface area (Å²) < 4.78 is 11.1. The number of fused-ring (bicyclic) bond motifs is 5. The molecule has 2 saturated heterocycles. The molecule has 3 aliphatic rings. The van der Waals surface area contributed by atoms with Crippen molar-refractivity contribution < 1.29 is 24.2 Å². The minimum Gasteiger partial charge on any atom is -0.504 e. The second-order valence-corrected chi connectivity index (χ2v) is 8.89. The lowest BCUT2D eigenvalue weighted by Gasteiger charge is -2.53. The topological polar surface area (TPSA) is 88.1 Å². The first-order valence-corrected chi connectivity index (χ1v) is 11.0. The molecule has 0 unspecified atom stereocenters. The lowest BCUT2D eigenvalue weighted by atomic mass is 9.69. The van der Waals surface area contributed by atoms with Gasteiger partial charge in [-0.05, 0) is 55.7 Å². The lowest BCUT2D eigenvalue weighted by molar-refractivity contribution is -0.191. The molecule has 0 aromatic heterocycles. The van der Waals surface area contributed by atoms with Crippen LogP contribution in [0.5, 0.6) is 5.75 Å². The van der Waals surface area contributed by atoms with Gasteiger partial charge in [-0.25, -0.2) is 0 Å². The molecule has 4 rings (SSSR count). The number of anilines is 1. The fourth-order valence-electron chi connectivity index (χ4n) is 5.97. The van der Waals surface area contributed by atoms with E-state index in [4.69, 9.17) is 19.1 Å². The van der Waals surface area contributed by atoms with E-state index in [-0.39, 0.29) is 12.2 Å². The highest BCUT2D eigenvalue weighted by Crippen LogP contribution is 2.53. The standard InChI is InChI=1S/C23H34N2O3.CO2/c1-6-16-12-25-10-9-23(26)20-18(8-7-14(2)21(20)28-5)24-22(23)19(25)11-17(16)15(3)13-27-4;2-1-3/h7-8,13,16-17,19,22,24,26H,6,9-12H2,1-5H3;/b15-13-;/t16-,17-,19+,22-,23+;/m1./s1. The van der Waals surface area contributed by atoms with Crippen molar-refractivity contribution >= 4 is 11.8 Å². The van der Waals surface area contributed by atoms with E-state index in [0.717, 1.165) is 48.5 Å². The fourth-order valence-corrected chi connectivity index (χ4v) is 5.97. The highest BCUT2D eigenvalue weighted by atomic mass is 16.5. The molecule has 1 aromatic rings. The van der Waals surface area contributed by atoms with Crippen LogP contribution < -0.4 is 10.1 Å². The number of ether oxygens (including phenoxy) is 2. The van der Waals surface area contributed by atoms with Crippen molar-refractivity contribution in [1.29, 1.82) is 0 Å². The Kier molecular flexibility index (Phi) is 7.10. The number of aliphatic hydroxyl groups is 1. The van der Waals surface area contributed by atoms with Crippen LogP contribution >= 0.6 is 0 Å². The fraction of sp³-hybridized carbons (Fsp3) is 0.625. The molecule has 2 N–H and O–H groups in total. The Morgan fingerprint density at radius 2 is 2.10 bits per heavy atom. The zero-order valence-corrected chi connectivity index (χ0v) is 19.1. The second kappa shape index (κ2) is 9.43. The minimum atomic E-state index is -0.879. The molecule has 0 radical (unpaired) electrons. The summed E-state index contributed by atoms with van der Waals surface area (Å²) in [5, 5.41) is 15.6. The van der Waals surface area contributed by atoms with E-state index in [9.17, 15) is 5.11 Å². The van der Waals surface area contributed by atoms with Gasteiger partial charge in [0.2, 0.25) is 0 Å². The van der Waals surface area contributed by atoms with Gasteiger partial charge in [-0.1, -0.05) is 19.4 Å². The first kappa shape index (κ1) is 23.3. The first-order chi connectivity index (χ1) is 14.9. The van der Waals surface area contributed by atoms with Crippen molar-refractivity contribution in [2.24, 2.45) is 11.8 Å². The number of hydrogen-bond donors (Lipinski definition) is 2. The number of piperidine rings is 2. The van der Waals surface area contributed by atoms with E-state index in [1.54, 1.807) is 14.2 Å².